The molecule has 124 valence electrons. The van der Waals surface area contributed by atoms with Gasteiger partial charge in [-0.15, -0.1) is 0 Å². The number of fused-ring (bicyclic) bond motifs is 5. The Bertz CT molecular complexity index is 645. The zero-order valence-corrected chi connectivity index (χ0v) is 14.1. The van der Waals surface area contributed by atoms with Crippen LogP contribution in [0.15, 0.2) is 23.8 Å². The van der Waals surface area contributed by atoms with Gasteiger partial charge in [0.25, 0.3) is 0 Å². The third kappa shape index (κ3) is 1.86. The van der Waals surface area contributed by atoms with Gasteiger partial charge in [0, 0.05) is 18.3 Å². The van der Waals surface area contributed by atoms with Crippen LogP contribution in [0.3, 0.4) is 0 Å². The van der Waals surface area contributed by atoms with Crippen LogP contribution in [0.1, 0.15) is 52.4 Å². The van der Waals surface area contributed by atoms with Crippen LogP contribution in [-0.4, -0.2) is 22.8 Å². The molecule has 3 saturated carbocycles. The van der Waals surface area contributed by atoms with E-state index in [1.54, 1.807) is 6.08 Å². The molecule has 3 fully saturated rings. The summed E-state index contributed by atoms with van der Waals surface area (Å²) in [5, 5.41) is 11.0. The number of carbonyl (C=O) groups excluding carboxylic acids is 2. The molecule has 0 aromatic heterocycles. The van der Waals surface area contributed by atoms with Gasteiger partial charge in [0.05, 0.1) is 6.10 Å². The summed E-state index contributed by atoms with van der Waals surface area (Å²) >= 11 is 0. The van der Waals surface area contributed by atoms with Crippen LogP contribution < -0.4 is 0 Å². The largest absolute Gasteiger partial charge is 0.393 e. The van der Waals surface area contributed by atoms with Gasteiger partial charge in [-0.05, 0) is 60.5 Å². The zero-order valence-electron chi connectivity index (χ0n) is 14.1. The highest BCUT2D eigenvalue weighted by Crippen LogP contribution is 2.65. The Morgan fingerprint density at radius 1 is 1.22 bits per heavy atom. The van der Waals surface area contributed by atoms with Crippen LogP contribution in [0.25, 0.3) is 0 Å². The smallest absolute Gasteiger partial charge is 0.156 e. The van der Waals surface area contributed by atoms with Crippen molar-refractivity contribution in [1.29, 1.82) is 0 Å². The Kier molecular flexibility index (Phi) is 3.10. The predicted molar refractivity (Wildman–Crippen MR) is 87.6 cm³/mol. The van der Waals surface area contributed by atoms with Crippen LogP contribution >= 0.6 is 0 Å². The van der Waals surface area contributed by atoms with Crippen molar-refractivity contribution in [3.63, 3.8) is 0 Å². The number of ketones is 2. The van der Waals surface area contributed by atoms with Crippen molar-refractivity contribution < 1.29 is 14.7 Å². The van der Waals surface area contributed by atoms with Crippen molar-refractivity contribution in [3.8, 4) is 0 Å². The molecular formula is C20H26O3. The van der Waals surface area contributed by atoms with Gasteiger partial charge in [0.15, 0.2) is 5.78 Å². The summed E-state index contributed by atoms with van der Waals surface area (Å²) in [6.45, 7) is 8.53. The Morgan fingerprint density at radius 3 is 2.70 bits per heavy atom. The Labute approximate surface area is 137 Å². The molecule has 4 aliphatic rings. The fourth-order valence-corrected chi connectivity index (χ4v) is 6.47. The number of hydrogen-bond donors (Lipinski definition) is 1. The summed E-state index contributed by atoms with van der Waals surface area (Å²) in [5.74, 6) is 1.34. The zero-order chi connectivity index (χ0) is 16.6. The van der Waals surface area contributed by atoms with Gasteiger partial charge >= 0.3 is 0 Å². The lowest BCUT2D eigenvalue weighted by atomic mass is 9.46. The van der Waals surface area contributed by atoms with Crippen LogP contribution in [0.4, 0.5) is 0 Å². The lowest BCUT2D eigenvalue weighted by Gasteiger charge is -2.59. The quantitative estimate of drug-likeness (QED) is 0.747. The predicted octanol–water partition coefficient (Wildman–Crippen LogP) is 3.22. The SMILES string of the molecule is C=C1C[C@@H]2[C@@H](C(O)C[C@]3(C)C(=O)CC[C@@H]23)[C@@]2(C)CCC(=O)C=C12. The molecule has 3 heteroatoms. The van der Waals surface area contributed by atoms with E-state index in [0.29, 0.717) is 36.9 Å². The van der Waals surface area contributed by atoms with Gasteiger partial charge in [-0.2, -0.15) is 0 Å². The second-order valence-electron chi connectivity index (χ2n) is 8.70. The summed E-state index contributed by atoms with van der Waals surface area (Å²) in [5.41, 5.74) is 1.60. The fourth-order valence-electron chi connectivity index (χ4n) is 6.47. The van der Waals surface area contributed by atoms with Crippen molar-refractivity contribution in [2.45, 2.75) is 58.5 Å². The standard InChI is InChI=1S/C20H26O3/c1-11-8-13-14-4-5-17(23)20(14,3)10-16(22)18(13)19(2)7-6-12(21)9-15(11)19/h9,13-14,16,18,22H,1,4-8,10H2,2-3H3/t13-,14-,16?,18-,19-,20-/m0/s1. The third-order valence-corrected chi connectivity index (χ3v) is 7.57. The minimum Gasteiger partial charge on any atom is -0.393 e. The average Bonchev–Trinajstić information content (AvgIpc) is 2.76. The van der Waals surface area contributed by atoms with Crippen LogP contribution in [0.2, 0.25) is 0 Å². The van der Waals surface area contributed by atoms with Crippen molar-refractivity contribution in [2.24, 2.45) is 28.6 Å². The maximum Gasteiger partial charge on any atom is 0.156 e. The number of rotatable bonds is 0. The molecular weight excluding hydrogens is 288 g/mol. The van der Waals surface area contributed by atoms with E-state index in [0.717, 1.165) is 30.4 Å². The molecule has 0 saturated heterocycles. The first-order valence-electron chi connectivity index (χ1n) is 8.92. The summed E-state index contributed by atoms with van der Waals surface area (Å²) in [4.78, 5) is 24.3. The summed E-state index contributed by atoms with van der Waals surface area (Å²) in [7, 11) is 0. The molecule has 0 heterocycles. The lowest BCUT2D eigenvalue weighted by molar-refractivity contribution is -0.144. The molecule has 0 radical (unpaired) electrons. The van der Waals surface area contributed by atoms with E-state index in [4.69, 9.17) is 0 Å². The molecule has 0 spiro atoms. The van der Waals surface area contributed by atoms with E-state index in [1.807, 2.05) is 0 Å². The maximum atomic E-state index is 12.4. The molecule has 4 rings (SSSR count). The first kappa shape index (κ1) is 15.3. The highest BCUT2D eigenvalue weighted by Gasteiger charge is 2.62. The molecule has 4 aliphatic carbocycles. The number of allylic oxidation sites excluding steroid dienone is 2. The molecule has 0 aliphatic heterocycles. The molecule has 1 unspecified atom stereocenters. The number of aliphatic hydroxyl groups is 1. The van der Waals surface area contributed by atoms with Crippen molar-refractivity contribution in [3.05, 3.63) is 23.8 Å². The number of Topliss-reactive ketones (excluding diaryl/α,β-unsaturated/α-hetero) is 1. The molecule has 0 aromatic rings. The number of hydrogen-bond acceptors (Lipinski definition) is 3. The summed E-state index contributed by atoms with van der Waals surface area (Å²) < 4.78 is 0. The number of carbonyl (C=O) groups is 2. The monoisotopic (exact) mass is 314 g/mol. The van der Waals surface area contributed by atoms with E-state index >= 15 is 0 Å². The summed E-state index contributed by atoms with van der Waals surface area (Å²) in [6.07, 6.45) is 5.69. The van der Waals surface area contributed by atoms with Crippen LogP contribution in [-0.2, 0) is 9.59 Å². The van der Waals surface area contributed by atoms with Gasteiger partial charge in [0.1, 0.15) is 5.78 Å². The van der Waals surface area contributed by atoms with E-state index < -0.39 is 6.10 Å². The van der Waals surface area contributed by atoms with Crippen molar-refractivity contribution in [1.82, 2.24) is 0 Å². The Hall–Kier alpha value is -1.22. The molecule has 23 heavy (non-hydrogen) atoms. The van der Waals surface area contributed by atoms with Gasteiger partial charge in [0.2, 0.25) is 0 Å². The van der Waals surface area contributed by atoms with E-state index in [-0.39, 0.29) is 22.5 Å². The average molecular weight is 314 g/mol. The highest BCUT2D eigenvalue weighted by molar-refractivity contribution is 5.92. The van der Waals surface area contributed by atoms with E-state index in [1.165, 1.54) is 0 Å². The van der Waals surface area contributed by atoms with Gasteiger partial charge in [-0.25, -0.2) is 0 Å². The van der Waals surface area contributed by atoms with Gasteiger partial charge in [-0.3, -0.25) is 9.59 Å². The maximum absolute atomic E-state index is 12.4. The van der Waals surface area contributed by atoms with E-state index in [2.05, 4.69) is 20.4 Å². The minimum atomic E-state index is -0.460. The molecule has 0 bridgehead atoms. The normalized spacial score (nSPS) is 49.3. The first-order chi connectivity index (χ1) is 10.8. The summed E-state index contributed by atoms with van der Waals surface area (Å²) in [6, 6.07) is 0. The molecule has 6 atom stereocenters. The van der Waals surface area contributed by atoms with Crippen molar-refractivity contribution >= 4 is 11.6 Å². The van der Waals surface area contributed by atoms with Crippen molar-refractivity contribution in [2.75, 3.05) is 0 Å². The second kappa shape index (κ2) is 4.66. The molecule has 0 aromatic carbocycles. The Balaban J connectivity index is 1.81. The first-order valence-corrected chi connectivity index (χ1v) is 8.92. The van der Waals surface area contributed by atoms with Crippen LogP contribution in [0.5, 0.6) is 0 Å². The molecule has 1 N–H and O–H groups in total. The lowest BCUT2D eigenvalue weighted by Crippen LogP contribution is -2.57. The third-order valence-electron chi connectivity index (χ3n) is 7.57. The fraction of sp³-hybridized carbons (Fsp3) is 0.700. The second-order valence-corrected chi connectivity index (χ2v) is 8.70. The van der Waals surface area contributed by atoms with Gasteiger partial charge in [-0.1, -0.05) is 26.0 Å². The topological polar surface area (TPSA) is 54.4 Å². The Morgan fingerprint density at radius 2 is 1.96 bits per heavy atom. The highest BCUT2D eigenvalue weighted by atomic mass is 16.3. The molecule has 3 nitrogen and oxygen atoms in total. The van der Waals surface area contributed by atoms with E-state index in [9.17, 15) is 14.7 Å². The number of aliphatic hydroxyl groups excluding tert-OH is 1. The molecule has 0 amide bonds. The van der Waals surface area contributed by atoms with Gasteiger partial charge < -0.3 is 5.11 Å². The minimum absolute atomic E-state index is 0.149. The van der Waals surface area contributed by atoms with Crippen LogP contribution in [0, 0.1) is 28.6 Å².